The van der Waals surface area contributed by atoms with Gasteiger partial charge < -0.3 is 16.2 Å². The summed E-state index contributed by atoms with van der Waals surface area (Å²) in [6.45, 7) is 0.677. The Morgan fingerprint density at radius 1 is 1.37 bits per heavy atom. The molecule has 1 aromatic carbocycles. The van der Waals surface area contributed by atoms with Gasteiger partial charge in [0, 0.05) is 19.0 Å². The highest BCUT2D eigenvalue weighted by Crippen LogP contribution is 2.26. The zero-order valence-electron chi connectivity index (χ0n) is 11.1. The third kappa shape index (κ3) is 4.33. The number of nitrogens with two attached hydrogens (primary N) is 1. The molecule has 0 radical (unpaired) electrons. The number of hydrogen-bond donors (Lipinski definition) is 3. The molecule has 1 amide bonds. The number of carbonyl (C=O) groups is 1. The Morgan fingerprint density at radius 2 is 2.05 bits per heavy atom. The van der Waals surface area contributed by atoms with Gasteiger partial charge in [-0.1, -0.05) is 30.3 Å². The Balaban J connectivity index is 1.63. The van der Waals surface area contributed by atoms with E-state index < -0.39 is 0 Å². The number of amides is 1. The van der Waals surface area contributed by atoms with Crippen molar-refractivity contribution in [2.24, 2.45) is 11.7 Å². The maximum Gasteiger partial charge on any atom is 0.220 e. The van der Waals surface area contributed by atoms with E-state index >= 15 is 0 Å². The molecule has 1 unspecified atom stereocenters. The maximum absolute atomic E-state index is 11.7. The van der Waals surface area contributed by atoms with Crippen molar-refractivity contribution in [1.82, 2.24) is 5.32 Å². The molecule has 4 nitrogen and oxygen atoms in total. The zero-order valence-corrected chi connectivity index (χ0v) is 11.1. The number of aliphatic hydroxyl groups excluding tert-OH is 1. The second-order valence-corrected chi connectivity index (χ2v) is 5.35. The standard InChI is InChI=1S/C15H22N2O2/c16-14(12-4-2-1-3-5-12)6-7-15(19)17-10-11-8-13(18)9-11/h1-5,11,13-14,18H,6-10,16H2,(H,17,19). The summed E-state index contributed by atoms with van der Waals surface area (Å²) in [5.41, 5.74) is 7.11. The highest BCUT2D eigenvalue weighted by atomic mass is 16.3. The van der Waals surface area contributed by atoms with Crippen molar-refractivity contribution >= 4 is 5.91 Å². The number of nitrogens with one attached hydrogen (secondary N) is 1. The third-order valence-electron chi connectivity index (χ3n) is 3.71. The van der Waals surface area contributed by atoms with Gasteiger partial charge in [-0.05, 0) is 30.7 Å². The minimum atomic E-state index is -0.159. The van der Waals surface area contributed by atoms with Crippen LogP contribution >= 0.6 is 0 Å². The van der Waals surface area contributed by atoms with Gasteiger partial charge in [0.2, 0.25) is 5.91 Å². The van der Waals surface area contributed by atoms with Crippen LogP contribution in [-0.4, -0.2) is 23.7 Å². The molecular formula is C15H22N2O2. The van der Waals surface area contributed by atoms with Crippen molar-refractivity contribution in [3.8, 4) is 0 Å². The SMILES string of the molecule is NC(CCC(=O)NCC1CC(O)C1)c1ccccc1. The highest BCUT2D eigenvalue weighted by Gasteiger charge is 2.27. The summed E-state index contributed by atoms with van der Waals surface area (Å²) in [7, 11) is 0. The van der Waals surface area contributed by atoms with Gasteiger partial charge in [-0.15, -0.1) is 0 Å². The average molecular weight is 262 g/mol. The molecule has 1 saturated carbocycles. The second kappa shape index (κ2) is 6.68. The maximum atomic E-state index is 11.7. The molecule has 0 aromatic heterocycles. The van der Waals surface area contributed by atoms with Gasteiger partial charge in [0.25, 0.3) is 0 Å². The number of benzene rings is 1. The molecule has 0 saturated heterocycles. The summed E-state index contributed by atoms with van der Waals surface area (Å²) in [6, 6.07) is 9.75. The Hall–Kier alpha value is -1.39. The highest BCUT2D eigenvalue weighted by molar-refractivity contribution is 5.75. The van der Waals surface area contributed by atoms with Gasteiger partial charge in [-0.3, -0.25) is 4.79 Å². The fourth-order valence-corrected chi connectivity index (χ4v) is 2.37. The van der Waals surface area contributed by atoms with Crippen LogP contribution in [0.15, 0.2) is 30.3 Å². The van der Waals surface area contributed by atoms with E-state index in [9.17, 15) is 4.79 Å². The molecule has 0 spiro atoms. The molecule has 1 atom stereocenters. The van der Waals surface area contributed by atoms with Crippen LogP contribution in [-0.2, 0) is 4.79 Å². The minimum Gasteiger partial charge on any atom is -0.393 e. The smallest absolute Gasteiger partial charge is 0.220 e. The molecular weight excluding hydrogens is 240 g/mol. The Bertz CT molecular complexity index is 402. The summed E-state index contributed by atoms with van der Waals surface area (Å²) >= 11 is 0. The van der Waals surface area contributed by atoms with Crippen LogP contribution in [0.25, 0.3) is 0 Å². The second-order valence-electron chi connectivity index (χ2n) is 5.35. The van der Waals surface area contributed by atoms with Crippen LogP contribution in [0.1, 0.15) is 37.3 Å². The number of aliphatic hydroxyl groups is 1. The van der Waals surface area contributed by atoms with Gasteiger partial charge in [-0.2, -0.15) is 0 Å². The summed E-state index contributed by atoms with van der Waals surface area (Å²) in [5, 5.41) is 12.1. The molecule has 0 aliphatic heterocycles. The van der Waals surface area contributed by atoms with Gasteiger partial charge in [0.15, 0.2) is 0 Å². The van der Waals surface area contributed by atoms with Crippen molar-refractivity contribution < 1.29 is 9.90 Å². The minimum absolute atomic E-state index is 0.0489. The topological polar surface area (TPSA) is 75.4 Å². The molecule has 1 aliphatic carbocycles. The van der Waals surface area contributed by atoms with Gasteiger partial charge in [-0.25, -0.2) is 0 Å². The molecule has 2 rings (SSSR count). The predicted octanol–water partition coefficient (Wildman–Crippen LogP) is 1.35. The lowest BCUT2D eigenvalue weighted by Gasteiger charge is -2.31. The molecule has 1 fully saturated rings. The quantitative estimate of drug-likeness (QED) is 0.724. The van der Waals surface area contributed by atoms with Crippen molar-refractivity contribution in [3.63, 3.8) is 0 Å². The molecule has 0 heterocycles. The normalized spacial score (nSPS) is 23.5. The van der Waals surface area contributed by atoms with Crippen molar-refractivity contribution in [2.45, 2.75) is 37.8 Å². The molecule has 1 aliphatic rings. The van der Waals surface area contributed by atoms with Gasteiger partial charge in [0.1, 0.15) is 0 Å². The van der Waals surface area contributed by atoms with Gasteiger partial charge in [0.05, 0.1) is 6.10 Å². The van der Waals surface area contributed by atoms with E-state index in [1.807, 2.05) is 30.3 Å². The summed E-state index contributed by atoms with van der Waals surface area (Å²) in [6.07, 6.45) is 2.57. The lowest BCUT2D eigenvalue weighted by atomic mass is 9.82. The van der Waals surface area contributed by atoms with E-state index in [-0.39, 0.29) is 18.1 Å². The van der Waals surface area contributed by atoms with E-state index in [0.717, 1.165) is 18.4 Å². The van der Waals surface area contributed by atoms with E-state index in [1.165, 1.54) is 0 Å². The Labute approximate surface area is 114 Å². The summed E-state index contributed by atoms with van der Waals surface area (Å²) < 4.78 is 0. The van der Waals surface area contributed by atoms with E-state index in [4.69, 9.17) is 10.8 Å². The van der Waals surface area contributed by atoms with E-state index in [1.54, 1.807) is 0 Å². The van der Waals surface area contributed by atoms with Crippen molar-refractivity contribution in [1.29, 1.82) is 0 Å². The monoisotopic (exact) mass is 262 g/mol. The van der Waals surface area contributed by atoms with Crippen molar-refractivity contribution in [3.05, 3.63) is 35.9 Å². The molecule has 4 heteroatoms. The molecule has 1 aromatic rings. The largest absolute Gasteiger partial charge is 0.393 e. The first kappa shape index (κ1) is 14.0. The molecule has 0 bridgehead atoms. The van der Waals surface area contributed by atoms with Crippen molar-refractivity contribution in [2.75, 3.05) is 6.54 Å². The first-order chi connectivity index (χ1) is 9.15. The van der Waals surface area contributed by atoms with Crippen LogP contribution in [0.3, 0.4) is 0 Å². The molecule has 4 N–H and O–H groups in total. The lowest BCUT2D eigenvalue weighted by molar-refractivity contribution is -0.121. The number of carbonyl (C=O) groups excluding carboxylic acids is 1. The molecule has 19 heavy (non-hydrogen) atoms. The zero-order chi connectivity index (χ0) is 13.7. The fourth-order valence-electron chi connectivity index (χ4n) is 2.37. The van der Waals surface area contributed by atoms with E-state index in [0.29, 0.717) is 25.3 Å². The van der Waals surface area contributed by atoms with Crippen LogP contribution < -0.4 is 11.1 Å². The van der Waals surface area contributed by atoms with Crippen LogP contribution in [0, 0.1) is 5.92 Å². The third-order valence-corrected chi connectivity index (χ3v) is 3.71. The number of rotatable bonds is 6. The van der Waals surface area contributed by atoms with Crippen LogP contribution in [0.2, 0.25) is 0 Å². The summed E-state index contributed by atoms with van der Waals surface area (Å²) in [5.74, 6) is 0.495. The first-order valence-corrected chi connectivity index (χ1v) is 6.90. The van der Waals surface area contributed by atoms with Crippen LogP contribution in [0.5, 0.6) is 0 Å². The average Bonchev–Trinajstić information content (AvgIpc) is 2.40. The molecule has 104 valence electrons. The van der Waals surface area contributed by atoms with Gasteiger partial charge >= 0.3 is 0 Å². The van der Waals surface area contributed by atoms with E-state index in [2.05, 4.69) is 5.32 Å². The summed E-state index contributed by atoms with van der Waals surface area (Å²) in [4.78, 5) is 11.7. The van der Waals surface area contributed by atoms with Crippen LogP contribution in [0.4, 0.5) is 0 Å². The number of hydrogen-bond acceptors (Lipinski definition) is 3. The Kier molecular flexibility index (Phi) is 4.93. The fraction of sp³-hybridized carbons (Fsp3) is 0.533. The first-order valence-electron chi connectivity index (χ1n) is 6.90. The lowest BCUT2D eigenvalue weighted by Crippen LogP contribution is -2.38. The predicted molar refractivity (Wildman–Crippen MR) is 74.3 cm³/mol. The Morgan fingerprint density at radius 3 is 2.68 bits per heavy atom.